The lowest BCUT2D eigenvalue weighted by atomic mass is 10.1. The van der Waals surface area contributed by atoms with E-state index in [0.717, 1.165) is 17.7 Å². The summed E-state index contributed by atoms with van der Waals surface area (Å²) in [6.45, 7) is 3.68. The van der Waals surface area contributed by atoms with Gasteiger partial charge in [-0.3, -0.25) is 4.79 Å². The van der Waals surface area contributed by atoms with Crippen molar-refractivity contribution in [3.63, 3.8) is 0 Å². The summed E-state index contributed by atoms with van der Waals surface area (Å²) in [5, 5.41) is -0.476. The molecule has 0 aliphatic carbocycles. The standard InChI is InChI=1S/C11H13ClO2/c1-3-9-6-4-5-7-10(9)14-8(2)11(12)13/h4-8H,3H2,1-2H3. The highest BCUT2D eigenvalue weighted by Crippen LogP contribution is 2.20. The normalized spacial score (nSPS) is 12.2. The minimum atomic E-state index is -0.593. The molecule has 0 spiro atoms. The van der Waals surface area contributed by atoms with E-state index in [-0.39, 0.29) is 0 Å². The van der Waals surface area contributed by atoms with Crippen LogP contribution < -0.4 is 4.74 Å². The third-order valence-electron chi connectivity index (χ3n) is 1.98. The van der Waals surface area contributed by atoms with Crippen molar-refractivity contribution in [2.24, 2.45) is 0 Å². The number of carbonyl (C=O) groups is 1. The summed E-state index contributed by atoms with van der Waals surface area (Å²) in [5.41, 5.74) is 1.08. The largest absolute Gasteiger partial charge is 0.481 e. The lowest BCUT2D eigenvalue weighted by Crippen LogP contribution is -2.19. The number of hydrogen-bond acceptors (Lipinski definition) is 2. The fourth-order valence-corrected chi connectivity index (χ4v) is 1.19. The molecule has 0 bridgehead atoms. The van der Waals surface area contributed by atoms with Crippen LogP contribution in [-0.2, 0) is 11.2 Å². The van der Waals surface area contributed by atoms with Crippen LogP contribution in [0.15, 0.2) is 24.3 Å². The molecule has 0 fully saturated rings. The number of ether oxygens (including phenoxy) is 1. The molecule has 76 valence electrons. The van der Waals surface area contributed by atoms with Crippen LogP contribution in [0.2, 0.25) is 0 Å². The van der Waals surface area contributed by atoms with Crippen molar-refractivity contribution in [2.75, 3.05) is 0 Å². The van der Waals surface area contributed by atoms with Crippen LogP contribution in [0.5, 0.6) is 5.75 Å². The number of rotatable bonds is 4. The van der Waals surface area contributed by atoms with Crippen LogP contribution in [0, 0.1) is 0 Å². The van der Waals surface area contributed by atoms with E-state index in [1.54, 1.807) is 6.92 Å². The molecule has 0 amide bonds. The first-order valence-electron chi connectivity index (χ1n) is 4.59. The Kier molecular flexibility index (Phi) is 3.96. The maximum atomic E-state index is 10.8. The Bertz CT molecular complexity index is 323. The van der Waals surface area contributed by atoms with E-state index >= 15 is 0 Å². The van der Waals surface area contributed by atoms with Gasteiger partial charge < -0.3 is 4.74 Å². The van der Waals surface area contributed by atoms with Crippen molar-refractivity contribution < 1.29 is 9.53 Å². The second-order valence-electron chi connectivity index (χ2n) is 3.03. The van der Waals surface area contributed by atoms with Crippen molar-refractivity contribution in [2.45, 2.75) is 26.4 Å². The average Bonchev–Trinajstić information content (AvgIpc) is 2.18. The van der Waals surface area contributed by atoms with E-state index in [1.165, 1.54) is 0 Å². The quantitative estimate of drug-likeness (QED) is 0.718. The van der Waals surface area contributed by atoms with Gasteiger partial charge in [0.1, 0.15) is 5.75 Å². The van der Waals surface area contributed by atoms with E-state index in [0.29, 0.717) is 0 Å². The molecule has 1 aromatic rings. The molecule has 1 aromatic carbocycles. The molecule has 1 unspecified atom stereocenters. The molecule has 0 aliphatic heterocycles. The summed E-state index contributed by atoms with van der Waals surface area (Å²) >= 11 is 5.31. The zero-order chi connectivity index (χ0) is 10.6. The summed E-state index contributed by atoms with van der Waals surface area (Å²) < 4.78 is 5.42. The molecule has 0 N–H and O–H groups in total. The molecule has 0 radical (unpaired) electrons. The van der Waals surface area contributed by atoms with Crippen LogP contribution >= 0.6 is 11.6 Å². The topological polar surface area (TPSA) is 26.3 Å². The van der Waals surface area contributed by atoms with Crippen LogP contribution in [-0.4, -0.2) is 11.3 Å². The van der Waals surface area contributed by atoms with E-state index < -0.39 is 11.3 Å². The Hall–Kier alpha value is -1.02. The Morgan fingerprint density at radius 2 is 2.14 bits per heavy atom. The van der Waals surface area contributed by atoms with E-state index in [2.05, 4.69) is 0 Å². The van der Waals surface area contributed by atoms with Crippen LogP contribution in [0.3, 0.4) is 0 Å². The van der Waals surface area contributed by atoms with Crippen molar-refractivity contribution >= 4 is 16.8 Å². The minimum absolute atomic E-state index is 0.476. The predicted molar refractivity (Wildman–Crippen MR) is 56.8 cm³/mol. The third-order valence-corrected chi connectivity index (χ3v) is 2.28. The SMILES string of the molecule is CCc1ccccc1OC(C)C(=O)Cl. The van der Waals surface area contributed by atoms with Gasteiger partial charge in [0, 0.05) is 0 Å². The molecule has 0 aliphatic rings. The van der Waals surface area contributed by atoms with Gasteiger partial charge in [0.15, 0.2) is 6.10 Å². The fraction of sp³-hybridized carbons (Fsp3) is 0.364. The first-order valence-corrected chi connectivity index (χ1v) is 4.96. The first-order chi connectivity index (χ1) is 6.65. The minimum Gasteiger partial charge on any atom is -0.481 e. The molecule has 0 saturated carbocycles. The number of halogens is 1. The number of hydrogen-bond donors (Lipinski definition) is 0. The Morgan fingerprint density at radius 3 is 2.71 bits per heavy atom. The van der Waals surface area contributed by atoms with Gasteiger partial charge in [-0.2, -0.15) is 0 Å². The Balaban J connectivity index is 2.80. The number of aryl methyl sites for hydroxylation is 1. The molecule has 14 heavy (non-hydrogen) atoms. The summed E-state index contributed by atoms with van der Waals surface area (Å²) in [5.74, 6) is 0.733. The van der Waals surface area contributed by atoms with Crippen LogP contribution in [0.4, 0.5) is 0 Å². The predicted octanol–water partition coefficient (Wildman–Crippen LogP) is 2.78. The highest BCUT2D eigenvalue weighted by Gasteiger charge is 2.12. The summed E-state index contributed by atoms with van der Waals surface area (Å²) in [6.07, 6.45) is 0.281. The fourth-order valence-electron chi connectivity index (χ4n) is 1.15. The van der Waals surface area contributed by atoms with Gasteiger partial charge in [-0.15, -0.1) is 0 Å². The van der Waals surface area contributed by atoms with Gasteiger partial charge in [-0.05, 0) is 36.6 Å². The molecule has 0 saturated heterocycles. The lowest BCUT2D eigenvalue weighted by molar-refractivity contribution is -0.117. The lowest BCUT2D eigenvalue weighted by Gasteiger charge is -2.13. The van der Waals surface area contributed by atoms with Crippen molar-refractivity contribution in [3.05, 3.63) is 29.8 Å². The number of carbonyl (C=O) groups excluding carboxylic acids is 1. The van der Waals surface area contributed by atoms with Crippen LogP contribution in [0.1, 0.15) is 19.4 Å². The van der Waals surface area contributed by atoms with E-state index in [1.807, 2.05) is 31.2 Å². The second-order valence-corrected chi connectivity index (χ2v) is 3.40. The van der Waals surface area contributed by atoms with Crippen molar-refractivity contribution in [1.82, 2.24) is 0 Å². The van der Waals surface area contributed by atoms with E-state index in [9.17, 15) is 4.79 Å². The van der Waals surface area contributed by atoms with Gasteiger partial charge in [0.25, 0.3) is 5.24 Å². The number of para-hydroxylation sites is 1. The van der Waals surface area contributed by atoms with Gasteiger partial charge in [-0.1, -0.05) is 25.1 Å². The highest BCUT2D eigenvalue weighted by molar-refractivity contribution is 6.64. The molecular formula is C11H13ClO2. The molecule has 1 atom stereocenters. The maximum absolute atomic E-state index is 10.8. The smallest absolute Gasteiger partial charge is 0.262 e. The summed E-state index contributed by atoms with van der Waals surface area (Å²) in [7, 11) is 0. The highest BCUT2D eigenvalue weighted by atomic mass is 35.5. The van der Waals surface area contributed by atoms with Gasteiger partial charge in [0.05, 0.1) is 0 Å². The van der Waals surface area contributed by atoms with Crippen molar-refractivity contribution in [1.29, 1.82) is 0 Å². The average molecular weight is 213 g/mol. The van der Waals surface area contributed by atoms with E-state index in [4.69, 9.17) is 16.3 Å². The molecule has 1 rings (SSSR count). The molecule has 0 heterocycles. The summed E-state index contributed by atoms with van der Waals surface area (Å²) in [6, 6.07) is 7.63. The maximum Gasteiger partial charge on any atom is 0.262 e. The Labute approximate surface area is 88.8 Å². The molecule has 3 heteroatoms. The number of benzene rings is 1. The first kappa shape index (κ1) is 11.1. The summed E-state index contributed by atoms with van der Waals surface area (Å²) in [4.78, 5) is 10.8. The van der Waals surface area contributed by atoms with Gasteiger partial charge in [0.2, 0.25) is 0 Å². The monoisotopic (exact) mass is 212 g/mol. The second kappa shape index (κ2) is 5.01. The van der Waals surface area contributed by atoms with Gasteiger partial charge in [-0.25, -0.2) is 0 Å². The molecule has 2 nitrogen and oxygen atoms in total. The van der Waals surface area contributed by atoms with Crippen molar-refractivity contribution in [3.8, 4) is 5.75 Å². The molecule has 0 aromatic heterocycles. The van der Waals surface area contributed by atoms with Crippen LogP contribution in [0.25, 0.3) is 0 Å². The third kappa shape index (κ3) is 2.74. The zero-order valence-electron chi connectivity index (χ0n) is 8.29. The van der Waals surface area contributed by atoms with Gasteiger partial charge >= 0.3 is 0 Å². The molecular weight excluding hydrogens is 200 g/mol. The zero-order valence-corrected chi connectivity index (χ0v) is 9.04. The Morgan fingerprint density at radius 1 is 1.50 bits per heavy atom.